The molecule has 2 amide bonds. The van der Waals surface area contributed by atoms with E-state index in [4.69, 9.17) is 4.74 Å². The molecule has 3 rings (SSSR count). The number of benzene rings is 2. The van der Waals surface area contributed by atoms with Crippen LogP contribution in [0.4, 0.5) is 13.6 Å². The number of hydrogen-bond acceptors (Lipinski definition) is 7. The normalized spacial score (nSPS) is 15.7. The van der Waals surface area contributed by atoms with Crippen molar-refractivity contribution in [3.63, 3.8) is 0 Å². The Morgan fingerprint density at radius 2 is 1.76 bits per heavy atom. The van der Waals surface area contributed by atoms with Gasteiger partial charge in [0, 0.05) is 25.2 Å². The highest BCUT2D eigenvalue weighted by Crippen LogP contribution is 2.28. The van der Waals surface area contributed by atoms with Gasteiger partial charge in [0.1, 0.15) is 23.8 Å². The van der Waals surface area contributed by atoms with Gasteiger partial charge in [-0.2, -0.15) is 0 Å². The van der Waals surface area contributed by atoms with Gasteiger partial charge in [0.15, 0.2) is 9.84 Å². The number of ether oxygens (including phenoxy) is 1. The Hall–Kier alpha value is -3.51. The standard InChI is InChI=1S/C29H37F2N3O6S/c1-6-18-7-8-20-16-41(38,39)17-25(23(20)11-18)32-14-26(35)24(12-19-9-21(30)13-22(31)10-19)33-27(36)15-34(5)28(37)40-29(2,3)4/h7-11,13,17,24,26,32,35H,6,12,14-16H2,1-5H3,(H,33,36). The third-order valence-corrected chi connectivity index (χ3v) is 7.61. The molecule has 1 heterocycles. The highest BCUT2D eigenvalue weighted by molar-refractivity contribution is 7.93. The van der Waals surface area contributed by atoms with Gasteiger partial charge in [-0.1, -0.05) is 19.1 Å². The quantitative estimate of drug-likeness (QED) is 0.386. The molecule has 1 aliphatic heterocycles. The van der Waals surface area contributed by atoms with E-state index in [0.29, 0.717) is 22.9 Å². The summed E-state index contributed by atoms with van der Waals surface area (Å²) in [5, 5.41) is 17.8. The number of carbonyl (C=O) groups is 2. The SMILES string of the molecule is CCc1ccc2c(c1)C(NCC(O)C(Cc1cc(F)cc(F)c1)NC(=O)CN(C)C(=O)OC(C)(C)C)=CS(=O)(=O)C2. The van der Waals surface area contributed by atoms with Crippen molar-refractivity contribution in [3.05, 3.63) is 75.7 Å². The Balaban J connectivity index is 1.79. The van der Waals surface area contributed by atoms with Gasteiger partial charge in [-0.05, 0) is 68.5 Å². The van der Waals surface area contributed by atoms with Crippen LogP contribution in [0.1, 0.15) is 49.9 Å². The predicted octanol–water partition coefficient (Wildman–Crippen LogP) is 3.30. The van der Waals surface area contributed by atoms with Gasteiger partial charge in [-0.25, -0.2) is 22.0 Å². The summed E-state index contributed by atoms with van der Waals surface area (Å²) < 4.78 is 58.0. The molecule has 2 aromatic rings. The number of rotatable bonds is 10. The van der Waals surface area contributed by atoms with Crippen LogP contribution in [0.5, 0.6) is 0 Å². The lowest BCUT2D eigenvalue weighted by Gasteiger charge is -2.28. The van der Waals surface area contributed by atoms with Crippen LogP contribution in [-0.2, 0) is 38.0 Å². The Bertz CT molecular complexity index is 1400. The van der Waals surface area contributed by atoms with Gasteiger partial charge >= 0.3 is 6.09 Å². The van der Waals surface area contributed by atoms with Gasteiger partial charge in [0.05, 0.1) is 29.0 Å². The molecule has 0 bridgehead atoms. The van der Waals surface area contributed by atoms with E-state index in [2.05, 4.69) is 10.6 Å². The second-order valence-corrected chi connectivity index (χ2v) is 13.0. The lowest BCUT2D eigenvalue weighted by molar-refractivity contribution is -0.123. The molecule has 0 saturated heterocycles. The number of hydrogen-bond donors (Lipinski definition) is 3. The van der Waals surface area contributed by atoms with E-state index < -0.39 is 57.8 Å². The molecule has 12 heteroatoms. The molecule has 0 radical (unpaired) electrons. The topological polar surface area (TPSA) is 125 Å². The average molecular weight is 594 g/mol. The maximum Gasteiger partial charge on any atom is 0.410 e. The minimum atomic E-state index is -3.55. The zero-order valence-corrected chi connectivity index (χ0v) is 24.6. The van der Waals surface area contributed by atoms with Gasteiger partial charge < -0.3 is 25.4 Å². The molecule has 224 valence electrons. The zero-order valence-electron chi connectivity index (χ0n) is 23.8. The van der Waals surface area contributed by atoms with E-state index in [1.165, 1.54) is 7.05 Å². The Morgan fingerprint density at radius 1 is 1.10 bits per heavy atom. The van der Waals surface area contributed by atoms with E-state index in [1.54, 1.807) is 26.8 Å². The fourth-order valence-corrected chi connectivity index (χ4v) is 5.69. The van der Waals surface area contributed by atoms with Gasteiger partial charge in [0.25, 0.3) is 0 Å². The van der Waals surface area contributed by atoms with Crippen LogP contribution in [0.2, 0.25) is 0 Å². The minimum Gasteiger partial charge on any atom is -0.444 e. The number of sulfone groups is 1. The molecule has 1 aliphatic rings. The van der Waals surface area contributed by atoms with Crippen molar-refractivity contribution in [2.24, 2.45) is 0 Å². The Kier molecular flexibility index (Phi) is 10.1. The Morgan fingerprint density at radius 3 is 2.37 bits per heavy atom. The van der Waals surface area contributed by atoms with Gasteiger partial charge in [-0.3, -0.25) is 4.79 Å². The zero-order chi connectivity index (χ0) is 30.5. The third kappa shape index (κ3) is 9.53. The number of likely N-dealkylation sites (N-methyl/N-ethyl adjacent to an activating group) is 1. The largest absolute Gasteiger partial charge is 0.444 e. The van der Waals surface area contributed by atoms with E-state index in [9.17, 15) is 31.9 Å². The van der Waals surface area contributed by atoms with Gasteiger partial charge in [-0.15, -0.1) is 0 Å². The van der Waals surface area contributed by atoms with Crippen molar-refractivity contribution in [2.75, 3.05) is 20.1 Å². The molecule has 41 heavy (non-hydrogen) atoms. The second kappa shape index (κ2) is 13.0. The number of fused-ring (bicyclic) bond motifs is 1. The molecule has 0 aromatic heterocycles. The summed E-state index contributed by atoms with van der Waals surface area (Å²) in [6.07, 6.45) is -1.45. The molecule has 9 nitrogen and oxygen atoms in total. The first kappa shape index (κ1) is 32.0. The smallest absolute Gasteiger partial charge is 0.410 e. The Labute approximate surface area is 239 Å². The van der Waals surface area contributed by atoms with Crippen molar-refractivity contribution in [1.29, 1.82) is 0 Å². The van der Waals surface area contributed by atoms with Crippen LogP contribution in [0, 0.1) is 11.6 Å². The third-order valence-electron chi connectivity index (χ3n) is 6.30. The molecule has 3 N–H and O–H groups in total. The van der Waals surface area contributed by atoms with Crippen molar-refractivity contribution in [1.82, 2.24) is 15.5 Å². The fraction of sp³-hybridized carbons (Fsp3) is 0.448. The first-order valence-electron chi connectivity index (χ1n) is 13.2. The number of halogens is 2. The monoisotopic (exact) mass is 593 g/mol. The maximum atomic E-state index is 13.9. The molecular weight excluding hydrogens is 556 g/mol. The highest BCUT2D eigenvalue weighted by Gasteiger charge is 2.27. The van der Waals surface area contributed by atoms with E-state index >= 15 is 0 Å². The summed E-state index contributed by atoms with van der Waals surface area (Å²) in [7, 11) is -2.18. The molecule has 2 unspecified atom stereocenters. The van der Waals surface area contributed by atoms with Crippen LogP contribution >= 0.6 is 0 Å². The summed E-state index contributed by atoms with van der Waals surface area (Å²) in [6, 6.07) is 7.36. The van der Waals surface area contributed by atoms with Crippen molar-refractivity contribution < 1.29 is 36.6 Å². The lowest BCUT2D eigenvalue weighted by atomic mass is 9.99. The number of aliphatic hydroxyl groups is 1. The van der Waals surface area contributed by atoms with Crippen LogP contribution in [0.15, 0.2) is 41.8 Å². The fourth-order valence-electron chi connectivity index (χ4n) is 4.35. The molecule has 2 atom stereocenters. The van der Waals surface area contributed by atoms with Crippen molar-refractivity contribution in [2.45, 2.75) is 64.0 Å². The van der Waals surface area contributed by atoms with E-state index in [1.807, 2.05) is 19.1 Å². The number of aliphatic hydroxyl groups excluding tert-OH is 1. The second-order valence-electron chi connectivity index (χ2n) is 11.1. The molecular formula is C29H37F2N3O6S. The first-order chi connectivity index (χ1) is 19.0. The van der Waals surface area contributed by atoms with E-state index in [0.717, 1.165) is 34.4 Å². The summed E-state index contributed by atoms with van der Waals surface area (Å²) in [6.45, 7) is 6.44. The molecule has 0 aliphatic carbocycles. The summed E-state index contributed by atoms with van der Waals surface area (Å²) in [5.41, 5.74) is 2.02. The molecule has 0 fully saturated rings. The predicted molar refractivity (Wildman–Crippen MR) is 151 cm³/mol. The summed E-state index contributed by atoms with van der Waals surface area (Å²) in [4.78, 5) is 26.2. The number of aryl methyl sites for hydroxylation is 1. The van der Waals surface area contributed by atoms with E-state index in [-0.39, 0.29) is 24.3 Å². The highest BCUT2D eigenvalue weighted by atomic mass is 32.2. The van der Waals surface area contributed by atoms with Crippen LogP contribution in [0.3, 0.4) is 0 Å². The molecule has 0 spiro atoms. The molecule has 0 saturated carbocycles. The number of amides is 2. The van der Waals surface area contributed by atoms with Crippen LogP contribution in [0.25, 0.3) is 5.70 Å². The maximum absolute atomic E-state index is 13.9. The molecule has 2 aromatic carbocycles. The summed E-state index contributed by atoms with van der Waals surface area (Å²) in [5.74, 6) is -2.42. The lowest BCUT2D eigenvalue weighted by Crippen LogP contribution is -2.51. The number of carbonyl (C=O) groups excluding carboxylic acids is 2. The van der Waals surface area contributed by atoms with Crippen LogP contribution < -0.4 is 10.6 Å². The number of nitrogens with one attached hydrogen (secondary N) is 2. The van der Waals surface area contributed by atoms with Crippen molar-refractivity contribution in [3.8, 4) is 0 Å². The summed E-state index contributed by atoms with van der Waals surface area (Å²) >= 11 is 0. The average Bonchev–Trinajstić information content (AvgIpc) is 2.84. The number of nitrogens with zero attached hydrogens (tertiary/aromatic N) is 1. The van der Waals surface area contributed by atoms with Crippen LogP contribution in [-0.4, -0.2) is 68.3 Å². The van der Waals surface area contributed by atoms with Gasteiger partial charge in [0.2, 0.25) is 5.91 Å². The first-order valence-corrected chi connectivity index (χ1v) is 14.9. The van der Waals surface area contributed by atoms with Crippen molar-refractivity contribution >= 4 is 27.5 Å². The minimum absolute atomic E-state index is 0.144.